The van der Waals surface area contributed by atoms with Crippen LogP contribution < -0.4 is 11.5 Å². The average Bonchev–Trinajstić information content (AvgIpc) is 1.88. The van der Waals surface area contributed by atoms with Crippen molar-refractivity contribution in [3.63, 3.8) is 0 Å². The quantitative estimate of drug-likeness (QED) is 0.522. The van der Waals surface area contributed by atoms with Crippen LogP contribution in [0.15, 0.2) is 12.4 Å². The third-order valence-corrected chi connectivity index (χ3v) is 1.14. The van der Waals surface area contributed by atoms with Gasteiger partial charge in [-0.05, 0) is 6.92 Å². The van der Waals surface area contributed by atoms with Gasteiger partial charge in [0.25, 0.3) is 0 Å². The summed E-state index contributed by atoms with van der Waals surface area (Å²) in [6.45, 7) is 1.86. The molecule has 1 aromatic heterocycles. The number of hydrogen-bond donors (Lipinski definition) is 2. The number of aryl methyl sites for hydroxylation is 1. The monoisotopic (exact) mass is 138 g/mol. The average molecular weight is 138 g/mol. The molecule has 1 heterocycles. The van der Waals surface area contributed by atoms with Gasteiger partial charge < -0.3 is 11.5 Å². The van der Waals surface area contributed by atoms with Gasteiger partial charge in [-0.1, -0.05) is 0 Å². The molecule has 0 unspecified atom stereocenters. The van der Waals surface area contributed by atoms with E-state index in [4.69, 9.17) is 11.5 Å². The molecule has 4 heteroatoms. The molecule has 0 saturated carbocycles. The first-order valence-electron chi connectivity index (χ1n) is 3.00. The topological polar surface area (TPSA) is 77.8 Å². The van der Waals surface area contributed by atoms with Crippen molar-refractivity contribution < 1.29 is 0 Å². The minimum Gasteiger partial charge on any atom is -0.311 e. The normalized spacial score (nSPS) is 10.4. The van der Waals surface area contributed by atoms with Crippen molar-refractivity contribution in [1.82, 2.24) is 9.97 Å². The number of nitrogens with zero attached hydrogens (tertiary/aromatic N) is 2. The van der Waals surface area contributed by atoms with E-state index in [1.165, 1.54) is 0 Å². The molecular weight excluding hydrogens is 128 g/mol. The van der Waals surface area contributed by atoms with Gasteiger partial charge >= 0.3 is 0 Å². The predicted molar refractivity (Wildman–Crippen MR) is 37.9 cm³/mol. The molecule has 0 spiro atoms. The first-order valence-corrected chi connectivity index (χ1v) is 3.00. The van der Waals surface area contributed by atoms with Crippen LogP contribution in [0, 0.1) is 6.92 Å². The molecule has 4 nitrogen and oxygen atoms in total. The Morgan fingerprint density at radius 2 is 2.00 bits per heavy atom. The van der Waals surface area contributed by atoms with Gasteiger partial charge in [0.15, 0.2) is 0 Å². The fourth-order valence-electron chi connectivity index (χ4n) is 0.575. The predicted octanol–water partition coefficient (Wildman–Crippen LogP) is -0.299. The molecule has 0 aliphatic carbocycles. The summed E-state index contributed by atoms with van der Waals surface area (Å²) in [5.74, 6) is 0. The van der Waals surface area contributed by atoms with E-state index in [0.717, 1.165) is 5.69 Å². The van der Waals surface area contributed by atoms with Crippen molar-refractivity contribution in [2.75, 3.05) is 0 Å². The summed E-state index contributed by atoms with van der Waals surface area (Å²) in [5, 5.41) is 0. The molecule has 10 heavy (non-hydrogen) atoms. The van der Waals surface area contributed by atoms with Crippen LogP contribution in [-0.2, 0) is 0 Å². The Labute approximate surface area is 59.3 Å². The van der Waals surface area contributed by atoms with Crippen LogP contribution in [0.3, 0.4) is 0 Å². The Kier molecular flexibility index (Phi) is 1.94. The van der Waals surface area contributed by atoms with Gasteiger partial charge in [-0.25, -0.2) is 0 Å². The summed E-state index contributed by atoms with van der Waals surface area (Å²) in [6.07, 6.45) is 2.70. The van der Waals surface area contributed by atoms with Crippen molar-refractivity contribution in [2.45, 2.75) is 13.1 Å². The highest BCUT2D eigenvalue weighted by Gasteiger charge is 1.98. The largest absolute Gasteiger partial charge is 0.311 e. The molecule has 0 saturated heterocycles. The molecule has 1 aromatic rings. The zero-order chi connectivity index (χ0) is 7.56. The highest BCUT2D eigenvalue weighted by molar-refractivity contribution is 5.03. The Morgan fingerprint density at radius 1 is 1.30 bits per heavy atom. The summed E-state index contributed by atoms with van der Waals surface area (Å²) in [7, 11) is 0. The Balaban J connectivity index is 2.89. The third-order valence-electron chi connectivity index (χ3n) is 1.14. The summed E-state index contributed by atoms with van der Waals surface area (Å²) < 4.78 is 0. The number of nitrogens with two attached hydrogens (primary N) is 2. The summed E-state index contributed by atoms with van der Waals surface area (Å²) in [4.78, 5) is 7.94. The van der Waals surface area contributed by atoms with E-state index in [1.807, 2.05) is 6.92 Å². The van der Waals surface area contributed by atoms with E-state index in [-0.39, 0.29) is 0 Å². The van der Waals surface area contributed by atoms with E-state index < -0.39 is 6.17 Å². The first-order chi connectivity index (χ1) is 4.70. The van der Waals surface area contributed by atoms with Gasteiger partial charge in [-0.3, -0.25) is 9.97 Å². The van der Waals surface area contributed by atoms with E-state index in [2.05, 4.69) is 9.97 Å². The lowest BCUT2D eigenvalue weighted by atomic mass is 10.4. The second kappa shape index (κ2) is 2.72. The van der Waals surface area contributed by atoms with Gasteiger partial charge in [-0.2, -0.15) is 0 Å². The van der Waals surface area contributed by atoms with Gasteiger partial charge in [0.05, 0.1) is 23.8 Å². The van der Waals surface area contributed by atoms with Crippen molar-refractivity contribution >= 4 is 0 Å². The van der Waals surface area contributed by atoms with Crippen LogP contribution in [0.1, 0.15) is 17.6 Å². The zero-order valence-corrected chi connectivity index (χ0v) is 5.78. The molecule has 0 radical (unpaired) electrons. The maximum atomic E-state index is 5.34. The molecule has 0 bridgehead atoms. The fourth-order valence-corrected chi connectivity index (χ4v) is 0.575. The van der Waals surface area contributed by atoms with E-state index in [1.54, 1.807) is 12.4 Å². The van der Waals surface area contributed by atoms with E-state index >= 15 is 0 Å². The van der Waals surface area contributed by atoms with Crippen LogP contribution in [0.2, 0.25) is 0 Å². The Bertz CT molecular complexity index is 203. The number of hydrogen-bond acceptors (Lipinski definition) is 4. The van der Waals surface area contributed by atoms with Crippen LogP contribution in [-0.4, -0.2) is 9.97 Å². The van der Waals surface area contributed by atoms with Crippen molar-refractivity contribution in [2.24, 2.45) is 11.5 Å². The minimum absolute atomic E-state index is 0.520. The fraction of sp³-hybridized carbons (Fsp3) is 0.333. The summed E-state index contributed by atoms with van der Waals surface area (Å²) >= 11 is 0. The minimum atomic E-state index is -0.520. The highest BCUT2D eigenvalue weighted by Crippen LogP contribution is 1.97. The second-order valence-electron chi connectivity index (χ2n) is 2.11. The number of rotatable bonds is 1. The molecule has 0 amide bonds. The Hall–Kier alpha value is -1.00. The standard InChI is InChI=1S/C6H10N4/c1-4-2-10-5(3-9-4)6(7)8/h2-3,6H,7-8H2,1H3. The number of aromatic nitrogens is 2. The van der Waals surface area contributed by atoms with Crippen LogP contribution in [0.4, 0.5) is 0 Å². The Morgan fingerprint density at radius 3 is 2.40 bits per heavy atom. The molecule has 54 valence electrons. The van der Waals surface area contributed by atoms with Crippen molar-refractivity contribution in [3.05, 3.63) is 23.8 Å². The molecule has 0 aliphatic rings. The molecular formula is C6H10N4. The SMILES string of the molecule is Cc1cnc(C(N)N)cn1. The molecule has 0 fully saturated rings. The van der Waals surface area contributed by atoms with E-state index in [0.29, 0.717) is 5.69 Å². The van der Waals surface area contributed by atoms with Crippen molar-refractivity contribution in [1.29, 1.82) is 0 Å². The van der Waals surface area contributed by atoms with Gasteiger partial charge in [0, 0.05) is 6.20 Å². The molecule has 0 aliphatic heterocycles. The molecule has 0 aromatic carbocycles. The van der Waals surface area contributed by atoms with Crippen molar-refractivity contribution in [3.8, 4) is 0 Å². The first kappa shape index (κ1) is 7.11. The maximum absolute atomic E-state index is 5.34. The summed E-state index contributed by atoms with van der Waals surface area (Å²) in [6, 6.07) is 0. The smallest absolute Gasteiger partial charge is 0.0975 e. The molecule has 0 atom stereocenters. The van der Waals surface area contributed by atoms with Gasteiger partial charge in [0.1, 0.15) is 0 Å². The maximum Gasteiger partial charge on any atom is 0.0975 e. The van der Waals surface area contributed by atoms with E-state index in [9.17, 15) is 0 Å². The molecule has 1 rings (SSSR count). The van der Waals surface area contributed by atoms with Gasteiger partial charge in [0.2, 0.25) is 0 Å². The third kappa shape index (κ3) is 1.49. The van der Waals surface area contributed by atoms with Crippen LogP contribution in [0.5, 0.6) is 0 Å². The summed E-state index contributed by atoms with van der Waals surface area (Å²) in [5.41, 5.74) is 12.2. The second-order valence-corrected chi connectivity index (χ2v) is 2.11. The van der Waals surface area contributed by atoms with Crippen LogP contribution >= 0.6 is 0 Å². The lowest BCUT2D eigenvalue weighted by Crippen LogP contribution is -2.21. The molecule has 4 N–H and O–H groups in total. The zero-order valence-electron chi connectivity index (χ0n) is 5.78. The van der Waals surface area contributed by atoms with Gasteiger partial charge in [-0.15, -0.1) is 0 Å². The lowest BCUT2D eigenvalue weighted by Gasteiger charge is -2.02. The lowest BCUT2D eigenvalue weighted by molar-refractivity contribution is 0.732. The van der Waals surface area contributed by atoms with Crippen LogP contribution in [0.25, 0.3) is 0 Å². The highest BCUT2D eigenvalue weighted by atomic mass is 14.9.